The lowest BCUT2D eigenvalue weighted by molar-refractivity contribution is -0.132. The summed E-state index contributed by atoms with van der Waals surface area (Å²) in [5, 5.41) is 0. The van der Waals surface area contributed by atoms with Crippen molar-refractivity contribution in [3.05, 3.63) is 29.8 Å². The smallest absolute Gasteiger partial charge is 0.243 e. The van der Waals surface area contributed by atoms with Gasteiger partial charge in [0.1, 0.15) is 0 Å². The molecule has 1 heterocycles. The molecular formula is C22H34N2O3S. The van der Waals surface area contributed by atoms with Crippen LogP contribution in [0, 0.1) is 0 Å². The first-order valence-electron chi connectivity index (χ1n) is 10.8. The van der Waals surface area contributed by atoms with Crippen molar-refractivity contribution in [2.45, 2.75) is 81.6 Å². The zero-order valence-electron chi connectivity index (χ0n) is 17.1. The highest BCUT2D eigenvalue weighted by molar-refractivity contribution is 7.89. The molecule has 1 aliphatic heterocycles. The molecule has 156 valence electrons. The number of sulfonamides is 1. The molecule has 0 atom stereocenters. The third kappa shape index (κ3) is 5.35. The number of amides is 1. The lowest BCUT2D eigenvalue weighted by atomic mass is 9.94. The summed E-state index contributed by atoms with van der Waals surface area (Å²) in [7, 11) is -1.48. The van der Waals surface area contributed by atoms with Gasteiger partial charge in [0.2, 0.25) is 15.9 Å². The molecule has 6 heteroatoms. The van der Waals surface area contributed by atoms with Gasteiger partial charge >= 0.3 is 0 Å². The fourth-order valence-corrected chi connectivity index (χ4v) is 5.88. The quantitative estimate of drug-likeness (QED) is 0.718. The second kappa shape index (κ2) is 9.88. The number of nitrogens with zero attached hydrogens (tertiary/aromatic N) is 2. The van der Waals surface area contributed by atoms with Crippen molar-refractivity contribution in [1.29, 1.82) is 0 Å². The molecule has 5 nitrogen and oxygen atoms in total. The van der Waals surface area contributed by atoms with Gasteiger partial charge < -0.3 is 4.90 Å². The summed E-state index contributed by atoms with van der Waals surface area (Å²) in [6.45, 7) is 1.23. The van der Waals surface area contributed by atoms with E-state index in [4.69, 9.17) is 0 Å². The van der Waals surface area contributed by atoms with Crippen LogP contribution in [0.25, 0.3) is 0 Å². The van der Waals surface area contributed by atoms with Crippen LogP contribution in [0.1, 0.15) is 69.8 Å². The third-order valence-electron chi connectivity index (χ3n) is 6.27. The first-order chi connectivity index (χ1) is 13.5. The van der Waals surface area contributed by atoms with E-state index in [2.05, 4.69) is 0 Å². The van der Waals surface area contributed by atoms with Crippen molar-refractivity contribution >= 4 is 15.9 Å². The topological polar surface area (TPSA) is 57.7 Å². The summed E-state index contributed by atoms with van der Waals surface area (Å²) in [6.07, 6.45) is 11.2. The first kappa shape index (κ1) is 21.3. The summed E-state index contributed by atoms with van der Waals surface area (Å²) in [5.74, 6) is 0.188. The van der Waals surface area contributed by atoms with E-state index >= 15 is 0 Å². The fraction of sp³-hybridized carbons (Fsp3) is 0.682. The number of carbonyl (C=O) groups is 1. The Morgan fingerprint density at radius 3 is 2.14 bits per heavy atom. The number of carbonyl (C=O) groups excluding carboxylic acids is 1. The fourth-order valence-electron chi connectivity index (χ4n) is 4.36. The zero-order chi connectivity index (χ0) is 20.0. The number of rotatable bonds is 6. The standard InChI is InChI=1S/C22H34N2O3S/c1-23(20-9-5-4-6-10-20)22(25)16-13-19-11-14-21(15-12-19)28(26,27)24-17-7-2-3-8-18-24/h11-12,14-15,20H,2-10,13,16-18H2,1H3. The van der Waals surface area contributed by atoms with Gasteiger partial charge in [-0.05, 0) is 49.8 Å². The van der Waals surface area contributed by atoms with E-state index in [-0.39, 0.29) is 5.91 Å². The molecule has 2 aliphatic rings. The Balaban J connectivity index is 1.55. The van der Waals surface area contributed by atoms with Crippen LogP contribution in [0.5, 0.6) is 0 Å². The molecule has 0 spiro atoms. The molecular weight excluding hydrogens is 372 g/mol. The van der Waals surface area contributed by atoms with E-state index < -0.39 is 10.0 Å². The summed E-state index contributed by atoms with van der Waals surface area (Å²) >= 11 is 0. The maximum Gasteiger partial charge on any atom is 0.243 e. The van der Waals surface area contributed by atoms with Gasteiger partial charge in [-0.2, -0.15) is 4.31 Å². The molecule has 0 aromatic heterocycles. The van der Waals surface area contributed by atoms with Gasteiger partial charge in [0.25, 0.3) is 0 Å². The van der Waals surface area contributed by atoms with E-state index in [9.17, 15) is 13.2 Å². The Morgan fingerprint density at radius 1 is 0.964 bits per heavy atom. The van der Waals surface area contributed by atoms with Gasteiger partial charge in [0, 0.05) is 32.6 Å². The molecule has 3 rings (SSSR count). The van der Waals surface area contributed by atoms with Crippen molar-refractivity contribution < 1.29 is 13.2 Å². The molecule has 1 aromatic rings. The molecule has 1 amide bonds. The lowest BCUT2D eigenvalue weighted by Crippen LogP contribution is -2.38. The molecule has 1 aliphatic carbocycles. The molecule has 0 unspecified atom stereocenters. The van der Waals surface area contributed by atoms with E-state index in [0.29, 0.717) is 36.9 Å². The predicted octanol–water partition coefficient (Wildman–Crippen LogP) is 3.98. The largest absolute Gasteiger partial charge is 0.343 e. The second-order valence-electron chi connectivity index (χ2n) is 8.26. The highest BCUT2D eigenvalue weighted by Crippen LogP contribution is 2.23. The van der Waals surface area contributed by atoms with Crippen LogP contribution in [0.15, 0.2) is 29.2 Å². The normalized spacial score (nSPS) is 19.9. The Kier molecular flexibility index (Phi) is 7.52. The van der Waals surface area contributed by atoms with Gasteiger partial charge in [-0.1, -0.05) is 44.2 Å². The van der Waals surface area contributed by atoms with Crippen LogP contribution in [0.3, 0.4) is 0 Å². The van der Waals surface area contributed by atoms with Crippen LogP contribution in [0.2, 0.25) is 0 Å². The van der Waals surface area contributed by atoms with Crippen LogP contribution in [-0.4, -0.2) is 49.7 Å². The zero-order valence-corrected chi connectivity index (χ0v) is 17.9. The monoisotopic (exact) mass is 406 g/mol. The Bertz CT molecular complexity index is 732. The summed E-state index contributed by atoms with van der Waals surface area (Å²) in [5.41, 5.74) is 1.01. The van der Waals surface area contributed by atoms with Crippen LogP contribution in [-0.2, 0) is 21.2 Å². The number of hydrogen-bond donors (Lipinski definition) is 0. The maximum atomic E-state index is 12.8. The Morgan fingerprint density at radius 2 is 1.54 bits per heavy atom. The van der Waals surface area contributed by atoms with Gasteiger partial charge in [-0.3, -0.25) is 4.79 Å². The predicted molar refractivity (Wildman–Crippen MR) is 112 cm³/mol. The van der Waals surface area contributed by atoms with E-state index in [1.807, 2.05) is 24.1 Å². The van der Waals surface area contributed by atoms with Gasteiger partial charge in [0.05, 0.1) is 4.90 Å². The number of hydrogen-bond acceptors (Lipinski definition) is 3. The molecule has 28 heavy (non-hydrogen) atoms. The van der Waals surface area contributed by atoms with Crippen LogP contribution < -0.4 is 0 Å². The van der Waals surface area contributed by atoms with Gasteiger partial charge in [0.15, 0.2) is 0 Å². The SMILES string of the molecule is CN(C(=O)CCc1ccc(S(=O)(=O)N2CCCCCC2)cc1)C1CCCCC1. The lowest BCUT2D eigenvalue weighted by Gasteiger charge is -2.31. The first-order valence-corrected chi connectivity index (χ1v) is 12.3. The minimum Gasteiger partial charge on any atom is -0.343 e. The minimum absolute atomic E-state index is 0.188. The summed E-state index contributed by atoms with van der Waals surface area (Å²) in [4.78, 5) is 14.8. The Hall–Kier alpha value is -1.40. The second-order valence-corrected chi connectivity index (χ2v) is 10.2. The molecule has 1 aromatic carbocycles. The molecule has 0 radical (unpaired) electrons. The van der Waals surface area contributed by atoms with Crippen molar-refractivity contribution in [3.63, 3.8) is 0 Å². The van der Waals surface area contributed by atoms with E-state index in [0.717, 1.165) is 44.1 Å². The summed E-state index contributed by atoms with van der Waals surface area (Å²) in [6, 6.07) is 7.51. The minimum atomic E-state index is -3.40. The van der Waals surface area contributed by atoms with Gasteiger partial charge in [-0.25, -0.2) is 8.42 Å². The highest BCUT2D eigenvalue weighted by Gasteiger charge is 2.25. The molecule has 1 saturated carbocycles. The Labute approximate surface area is 170 Å². The highest BCUT2D eigenvalue weighted by atomic mass is 32.2. The van der Waals surface area contributed by atoms with E-state index in [1.54, 1.807) is 16.4 Å². The van der Waals surface area contributed by atoms with Crippen molar-refractivity contribution in [3.8, 4) is 0 Å². The number of benzene rings is 1. The average Bonchev–Trinajstić information content (AvgIpc) is 3.02. The molecule has 1 saturated heterocycles. The van der Waals surface area contributed by atoms with Crippen LogP contribution in [0.4, 0.5) is 0 Å². The molecule has 0 bridgehead atoms. The van der Waals surface area contributed by atoms with Crippen molar-refractivity contribution in [2.75, 3.05) is 20.1 Å². The maximum absolute atomic E-state index is 12.8. The van der Waals surface area contributed by atoms with E-state index in [1.165, 1.54) is 19.3 Å². The average molecular weight is 407 g/mol. The molecule has 2 fully saturated rings. The third-order valence-corrected chi connectivity index (χ3v) is 8.18. The number of aryl methyl sites for hydroxylation is 1. The van der Waals surface area contributed by atoms with Gasteiger partial charge in [-0.15, -0.1) is 0 Å². The van der Waals surface area contributed by atoms with Crippen molar-refractivity contribution in [1.82, 2.24) is 9.21 Å². The van der Waals surface area contributed by atoms with Crippen molar-refractivity contribution in [2.24, 2.45) is 0 Å². The summed E-state index contributed by atoms with van der Waals surface area (Å²) < 4.78 is 27.3. The van der Waals surface area contributed by atoms with Crippen LogP contribution >= 0.6 is 0 Å². The molecule has 0 N–H and O–H groups in total.